The van der Waals surface area contributed by atoms with Crippen LogP contribution in [0.25, 0.3) is 0 Å². The van der Waals surface area contributed by atoms with Gasteiger partial charge in [-0.3, -0.25) is 4.79 Å². The van der Waals surface area contributed by atoms with Crippen LogP contribution in [0.1, 0.15) is 50.5 Å². The molecule has 1 aliphatic carbocycles. The molecule has 1 heterocycles. The topological polar surface area (TPSA) is 59.0 Å². The molecule has 25 heavy (non-hydrogen) atoms. The van der Waals surface area contributed by atoms with E-state index in [-0.39, 0.29) is 6.10 Å². The smallest absolute Gasteiger partial charge is 0.314 e. The fourth-order valence-electron chi connectivity index (χ4n) is 4.24. The summed E-state index contributed by atoms with van der Waals surface area (Å²) in [6.45, 7) is 1.98. The standard InChI is InChI=1S/C20H29NO4/c1-21-12-6-7-16(14-21)25-18-13-15(8-9-17(18)24-2)20(19(22)23)10-4-3-5-11-20/h8-9,13,16H,3-7,10-12,14H2,1-2H3,(H,22,23). The summed E-state index contributed by atoms with van der Waals surface area (Å²) in [5.41, 5.74) is 0.0612. The molecule has 1 aromatic carbocycles. The average Bonchev–Trinajstić information content (AvgIpc) is 2.62. The number of rotatable bonds is 5. The molecule has 0 radical (unpaired) electrons. The van der Waals surface area contributed by atoms with E-state index in [9.17, 15) is 9.90 Å². The Morgan fingerprint density at radius 2 is 1.96 bits per heavy atom. The van der Waals surface area contributed by atoms with Crippen LogP contribution in [-0.2, 0) is 10.2 Å². The molecular weight excluding hydrogens is 318 g/mol. The zero-order chi connectivity index (χ0) is 17.9. The van der Waals surface area contributed by atoms with Gasteiger partial charge in [-0.2, -0.15) is 0 Å². The minimum Gasteiger partial charge on any atom is -0.493 e. The van der Waals surface area contributed by atoms with Crippen LogP contribution in [-0.4, -0.2) is 49.3 Å². The number of likely N-dealkylation sites (tertiary alicyclic amines) is 1. The number of carboxylic acids is 1. The summed E-state index contributed by atoms with van der Waals surface area (Å²) in [5.74, 6) is 0.625. The van der Waals surface area contributed by atoms with Crippen molar-refractivity contribution in [2.45, 2.75) is 56.5 Å². The Labute approximate surface area is 149 Å². The number of carboxylic acid groups (broad SMARTS) is 1. The lowest BCUT2D eigenvalue weighted by atomic mass is 9.69. The highest BCUT2D eigenvalue weighted by molar-refractivity contribution is 5.82. The molecule has 2 fully saturated rings. The lowest BCUT2D eigenvalue weighted by Gasteiger charge is -2.34. The molecule has 1 aromatic rings. The number of benzene rings is 1. The maximum atomic E-state index is 12.1. The van der Waals surface area contributed by atoms with E-state index < -0.39 is 11.4 Å². The SMILES string of the molecule is COc1ccc(C2(C(=O)O)CCCCC2)cc1OC1CCCN(C)C1. The third kappa shape index (κ3) is 3.76. The molecule has 5 heteroatoms. The summed E-state index contributed by atoms with van der Waals surface area (Å²) >= 11 is 0. The van der Waals surface area contributed by atoms with E-state index >= 15 is 0 Å². The van der Waals surface area contributed by atoms with Gasteiger partial charge in [-0.05, 0) is 57.0 Å². The molecule has 0 amide bonds. The summed E-state index contributed by atoms with van der Waals surface area (Å²) in [7, 11) is 3.73. The molecule has 2 aliphatic rings. The first-order valence-electron chi connectivity index (χ1n) is 9.32. The van der Waals surface area contributed by atoms with Gasteiger partial charge in [-0.25, -0.2) is 0 Å². The lowest BCUT2D eigenvalue weighted by Crippen LogP contribution is -2.39. The summed E-state index contributed by atoms with van der Waals surface area (Å²) in [6, 6.07) is 5.67. The molecule has 1 atom stereocenters. The number of aliphatic carboxylic acids is 1. The van der Waals surface area contributed by atoms with Gasteiger partial charge in [0, 0.05) is 6.54 Å². The molecule has 1 N–H and O–H groups in total. The van der Waals surface area contributed by atoms with Gasteiger partial charge in [-0.15, -0.1) is 0 Å². The highest BCUT2D eigenvalue weighted by Crippen LogP contribution is 2.43. The first-order valence-corrected chi connectivity index (χ1v) is 9.32. The second-order valence-corrected chi connectivity index (χ2v) is 7.46. The van der Waals surface area contributed by atoms with Crippen molar-refractivity contribution in [2.75, 3.05) is 27.2 Å². The largest absolute Gasteiger partial charge is 0.493 e. The van der Waals surface area contributed by atoms with Crippen LogP contribution in [0.3, 0.4) is 0 Å². The first kappa shape index (κ1) is 18.1. The fraction of sp³-hybridized carbons (Fsp3) is 0.650. The van der Waals surface area contributed by atoms with Crippen molar-refractivity contribution in [3.8, 4) is 11.5 Å². The predicted molar refractivity (Wildman–Crippen MR) is 96.5 cm³/mol. The maximum Gasteiger partial charge on any atom is 0.314 e. The van der Waals surface area contributed by atoms with Gasteiger partial charge >= 0.3 is 5.97 Å². The first-order chi connectivity index (χ1) is 12.0. The molecular formula is C20H29NO4. The molecule has 0 bridgehead atoms. The number of hydrogen-bond acceptors (Lipinski definition) is 4. The molecule has 0 aromatic heterocycles. The van der Waals surface area contributed by atoms with Crippen LogP contribution < -0.4 is 9.47 Å². The van der Waals surface area contributed by atoms with E-state index in [4.69, 9.17) is 9.47 Å². The monoisotopic (exact) mass is 347 g/mol. The number of methoxy groups -OCH3 is 1. The zero-order valence-electron chi connectivity index (χ0n) is 15.3. The van der Waals surface area contributed by atoms with Crippen molar-refractivity contribution in [3.05, 3.63) is 23.8 Å². The normalized spacial score (nSPS) is 23.8. The van der Waals surface area contributed by atoms with Crippen LogP contribution in [0, 0.1) is 0 Å². The van der Waals surface area contributed by atoms with E-state index in [2.05, 4.69) is 11.9 Å². The molecule has 138 valence electrons. The van der Waals surface area contributed by atoms with Gasteiger partial charge < -0.3 is 19.5 Å². The third-order valence-electron chi connectivity index (χ3n) is 5.71. The van der Waals surface area contributed by atoms with Crippen molar-refractivity contribution in [2.24, 2.45) is 0 Å². The van der Waals surface area contributed by atoms with Crippen molar-refractivity contribution in [1.29, 1.82) is 0 Å². The zero-order valence-corrected chi connectivity index (χ0v) is 15.3. The van der Waals surface area contributed by atoms with Crippen molar-refractivity contribution in [1.82, 2.24) is 4.90 Å². The highest BCUT2D eigenvalue weighted by Gasteiger charge is 2.41. The van der Waals surface area contributed by atoms with Gasteiger partial charge in [0.1, 0.15) is 6.10 Å². The van der Waals surface area contributed by atoms with Crippen LogP contribution in [0.15, 0.2) is 18.2 Å². The van der Waals surface area contributed by atoms with Gasteiger partial charge in [0.05, 0.1) is 12.5 Å². The number of carbonyl (C=O) groups is 1. The van der Waals surface area contributed by atoms with Crippen molar-refractivity contribution >= 4 is 5.97 Å². The number of likely N-dealkylation sites (N-methyl/N-ethyl adjacent to an activating group) is 1. The maximum absolute atomic E-state index is 12.1. The number of hydrogen-bond donors (Lipinski definition) is 1. The molecule has 1 saturated heterocycles. The second-order valence-electron chi connectivity index (χ2n) is 7.46. The molecule has 0 spiro atoms. The van der Waals surface area contributed by atoms with E-state index in [1.165, 1.54) is 0 Å². The minimum absolute atomic E-state index is 0.120. The van der Waals surface area contributed by atoms with Crippen LogP contribution in [0.2, 0.25) is 0 Å². The predicted octanol–water partition coefficient (Wildman–Crippen LogP) is 3.45. The molecule has 3 rings (SSSR count). The van der Waals surface area contributed by atoms with E-state index in [1.807, 2.05) is 18.2 Å². The molecule has 1 aliphatic heterocycles. The number of piperidine rings is 1. The quantitative estimate of drug-likeness (QED) is 0.884. The van der Waals surface area contributed by atoms with Gasteiger partial charge in [0.25, 0.3) is 0 Å². The Balaban J connectivity index is 1.89. The Morgan fingerprint density at radius 3 is 2.60 bits per heavy atom. The van der Waals surface area contributed by atoms with Gasteiger partial charge in [0.15, 0.2) is 11.5 Å². The summed E-state index contributed by atoms with van der Waals surface area (Å²) in [4.78, 5) is 14.4. The minimum atomic E-state index is -0.786. The summed E-state index contributed by atoms with van der Waals surface area (Å²) < 4.78 is 11.7. The highest BCUT2D eigenvalue weighted by atomic mass is 16.5. The lowest BCUT2D eigenvalue weighted by molar-refractivity contribution is -0.145. The van der Waals surface area contributed by atoms with E-state index in [1.54, 1.807) is 7.11 Å². The molecule has 1 saturated carbocycles. The third-order valence-corrected chi connectivity index (χ3v) is 5.71. The van der Waals surface area contributed by atoms with E-state index in [0.717, 1.165) is 50.8 Å². The second kappa shape index (κ2) is 7.65. The summed E-state index contributed by atoms with van der Waals surface area (Å²) in [5, 5.41) is 9.94. The van der Waals surface area contributed by atoms with Gasteiger partial charge in [0.2, 0.25) is 0 Å². The Bertz CT molecular complexity index is 610. The van der Waals surface area contributed by atoms with E-state index in [0.29, 0.717) is 24.3 Å². The Hall–Kier alpha value is -1.75. The molecule has 1 unspecified atom stereocenters. The summed E-state index contributed by atoms with van der Waals surface area (Å²) in [6.07, 6.45) is 6.67. The Kier molecular flexibility index (Phi) is 5.52. The number of nitrogens with zero attached hydrogens (tertiary/aromatic N) is 1. The van der Waals surface area contributed by atoms with Gasteiger partial charge in [-0.1, -0.05) is 25.3 Å². The van der Waals surface area contributed by atoms with Crippen LogP contribution >= 0.6 is 0 Å². The van der Waals surface area contributed by atoms with Crippen molar-refractivity contribution < 1.29 is 19.4 Å². The van der Waals surface area contributed by atoms with Crippen molar-refractivity contribution in [3.63, 3.8) is 0 Å². The van der Waals surface area contributed by atoms with Crippen LogP contribution in [0.4, 0.5) is 0 Å². The molecule has 5 nitrogen and oxygen atoms in total. The van der Waals surface area contributed by atoms with Crippen LogP contribution in [0.5, 0.6) is 11.5 Å². The average molecular weight is 347 g/mol. The fourth-order valence-corrected chi connectivity index (χ4v) is 4.24. The Morgan fingerprint density at radius 1 is 1.20 bits per heavy atom. The number of ether oxygens (including phenoxy) is 2.